The quantitative estimate of drug-likeness (QED) is 0.550. The van der Waals surface area contributed by atoms with Gasteiger partial charge in [-0.05, 0) is 24.3 Å². The van der Waals surface area contributed by atoms with Gasteiger partial charge in [-0.3, -0.25) is 4.79 Å². The van der Waals surface area contributed by atoms with Gasteiger partial charge in [0.25, 0.3) is 0 Å². The molecule has 1 rings (SSSR count). The van der Waals surface area contributed by atoms with Crippen molar-refractivity contribution in [2.24, 2.45) is 0 Å². The normalized spacial score (nSPS) is 9.50. The highest BCUT2D eigenvalue weighted by Crippen LogP contribution is 2.10. The van der Waals surface area contributed by atoms with Crippen LogP contribution in [-0.4, -0.2) is 17.0 Å². The zero-order valence-corrected chi connectivity index (χ0v) is 9.03. The van der Waals surface area contributed by atoms with Gasteiger partial charge < -0.3 is 16.2 Å². The molecule has 86 valence electrons. The number of nitrogens with one attached hydrogen (secondary N) is 1. The van der Waals surface area contributed by atoms with Gasteiger partial charge in [-0.1, -0.05) is 0 Å². The monoisotopic (exact) mass is 242 g/mol. The molecule has 0 aromatic heterocycles. The molecule has 0 bridgehead atoms. The number of carbonyl (C=O) groups excluding carboxylic acids is 1. The molecule has 4 N–H and O–H groups in total. The van der Waals surface area contributed by atoms with Gasteiger partial charge in [-0.25, -0.2) is 4.79 Å². The smallest absolute Gasteiger partial charge is 0.328 e. The lowest BCUT2D eigenvalue weighted by Gasteiger charge is -2.01. The second-order valence-corrected chi connectivity index (χ2v) is 2.78. The first-order valence-corrected chi connectivity index (χ1v) is 4.15. The van der Waals surface area contributed by atoms with Crippen LogP contribution in [0.15, 0.2) is 36.4 Å². The number of carboxylic acid groups (broad SMARTS) is 1. The highest BCUT2D eigenvalue weighted by atomic mass is 35.5. The van der Waals surface area contributed by atoms with Gasteiger partial charge in [0.05, 0.1) is 0 Å². The molecule has 0 aliphatic heterocycles. The summed E-state index contributed by atoms with van der Waals surface area (Å²) in [5.74, 6) is -1.66. The summed E-state index contributed by atoms with van der Waals surface area (Å²) in [6.45, 7) is 0. The lowest BCUT2D eigenvalue weighted by Crippen LogP contribution is -2.08. The predicted molar refractivity (Wildman–Crippen MR) is 63.5 cm³/mol. The Balaban J connectivity index is 0.00000225. The zero-order chi connectivity index (χ0) is 11.3. The highest BCUT2D eigenvalue weighted by Gasteiger charge is 1.97. The van der Waals surface area contributed by atoms with Crippen LogP contribution < -0.4 is 11.1 Å². The summed E-state index contributed by atoms with van der Waals surface area (Å²) >= 11 is 0. The van der Waals surface area contributed by atoms with Crippen molar-refractivity contribution in [1.29, 1.82) is 0 Å². The van der Waals surface area contributed by atoms with Crippen molar-refractivity contribution in [2.45, 2.75) is 0 Å². The zero-order valence-electron chi connectivity index (χ0n) is 8.21. The van der Waals surface area contributed by atoms with E-state index >= 15 is 0 Å². The molecule has 0 saturated heterocycles. The Hall–Kier alpha value is -2.01. The fraction of sp³-hybridized carbons (Fsp3) is 0. The Morgan fingerprint density at radius 1 is 1.19 bits per heavy atom. The largest absolute Gasteiger partial charge is 0.478 e. The van der Waals surface area contributed by atoms with Crippen LogP contribution in [0.2, 0.25) is 0 Å². The number of nitrogens with two attached hydrogens (primary N) is 1. The van der Waals surface area contributed by atoms with Gasteiger partial charge >= 0.3 is 5.97 Å². The standard InChI is InChI=1S/C10H10N2O3.ClH/c11-7-1-3-8(4-2-7)12-9(13)5-6-10(14)15;/h1-6H,11H2,(H,12,13)(H,14,15);1H/b6-5-;. The van der Waals surface area contributed by atoms with E-state index in [1.165, 1.54) is 0 Å². The molecule has 1 aromatic carbocycles. The molecule has 5 nitrogen and oxygen atoms in total. The van der Waals surface area contributed by atoms with E-state index in [0.29, 0.717) is 11.4 Å². The summed E-state index contributed by atoms with van der Waals surface area (Å²) in [5.41, 5.74) is 6.60. The SMILES string of the molecule is Cl.Nc1ccc(NC(=O)/C=C\C(=O)O)cc1. The van der Waals surface area contributed by atoms with E-state index in [2.05, 4.69) is 5.32 Å². The summed E-state index contributed by atoms with van der Waals surface area (Å²) in [5, 5.41) is 10.8. The van der Waals surface area contributed by atoms with Gasteiger partial charge in [-0.2, -0.15) is 0 Å². The van der Waals surface area contributed by atoms with Crippen molar-refractivity contribution in [3.8, 4) is 0 Å². The van der Waals surface area contributed by atoms with E-state index in [9.17, 15) is 9.59 Å². The van der Waals surface area contributed by atoms with Crippen LogP contribution in [-0.2, 0) is 9.59 Å². The number of rotatable bonds is 3. The number of aliphatic carboxylic acids is 1. The molecule has 16 heavy (non-hydrogen) atoms. The van der Waals surface area contributed by atoms with Crippen molar-refractivity contribution >= 4 is 35.7 Å². The third-order valence-corrected chi connectivity index (χ3v) is 1.56. The second kappa shape index (κ2) is 6.47. The minimum atomic E-state index is -1.16. The van der Waals surface area contributed by atoms with Crippen LogP contribution in [0.4, 0.5) is 11.4 Å². The first-order valence-electron chi connectivity index (χ1n) is 4.15. The number of benzene rings is 1. The molecular formula is C10H11ClN2O3. The summed E-state index contributed by atoms with van der Waals surface area (Å²) < 4.78 is 0. The van der Waals surface area contributed by atoms with Gasteiger partial charge in [0.1, 0.15) is 0 Å². The molecule has 0 atom stereocenters. The molecular weight excluding hydrogens is 232 g/mol. The Kier molecular flexibility index (Phi) is 5.66. The molecule has 0 aliphatic rings. The number of nitrogen functional groups attached to an aromatic ring is 1. The minimum absolute atomic E-state index is 0. The minimum Gasteiger partial charge on any atom is -0.478 e. The third-order valence-electron chi connectivity index (χ3n) is 1.56. The molecule has 0 fully saturated rings. The number of carboxylic acids is 1. The molecule has 1 aromatic rings. The number of hydrogen-bond donors (Lipinski definition) is 3. The first-order chi connectivity index (χ1) is 7.08. The van der Waals surface area contributed by atoms with E-state index < -0.39 is 11.9 Å². The average molecular weight is 243 g/mol. The van der Waals surface area contributed by atoms with Crippen LogP contribution in [0.25, 0.3) is 0 Å². The number of anilines is 2. The van der Waals surface area contributed by atoms with Crippen LogP contribution in [0.5, 0.6) is 0 Å². The Bertz CT molecular complexity index is 401. The van der Waals surface area contributed by atoms with E-state index in [1.54, 1.807) is 24.3 Å². The molecule has 6 heteroatoms. The maximum absolute atomic E-state index is 11.1. The molecule has 0 unspecified atom stereocenters. The Morgan fingerprint density at radius 2 is 1.75 bits per heavy atom. The average Bonchev–Trinajstić information content (AvgIpc) is 2.19. The lowest BCUT2D eigenvalue weighted by molar-refractivity contribution is -0.131. The fourth-order valence-electron chi connectivity index (χ4n) is 0.897. The van der Waals surface area contributed by atoms with E-state index in [4.69, 9.17) is 10.8 Å². The van der Waals surface area contributed by atoms with Gasteiger partial charge in [0.15, 0.2) is 0 Å². The van der Waals surface area contributed by atoms with Gasteiger partial charge in [0.2, 0.25) is 5.91 Å². The van der Waals surface area contributed by atoms with Crippen molar-refractivity contribution < 1.29 is 14.7 Å². The van der Waals surface area contributed by atoms with E-state index in [-0.39, 0.29) is 12.4 Å². The number of halogens is 1. The van der Waals surface area contributed by atoms with Gasteiger partial charge in [-0.15, -0.1) is 12.4 Å². The molecule has 0 heterocycles. The summed E-state index contributed by atoms with van der Waals surface area (Å²) in [7, 11) is 0. The summed E-state index contributed by atoms with van der Waals surface area (Å²) in [6.07, 6.45) is 1.71. The van der Waals surface area contributed by atoms with Crippen molar-refractivity contribution in [3.63, 3.8) is 0 Å². The second-order valence-electron chi connectivity index (χ2n) is 2.78. The van der Waals surface area contributed by atoms with Crippen LogP contribution in [0.3, 0.4) is 0 Å². The Labute approximate surface area is 98.4 Å². The van der Waals surface area contributed by atoms with Crippen molar-refractivity contribution in [2.75, 3.05) is 11.1 Å². The molecule has 0 saturated carbocycles. The van der Waals surface area contributed by atoms with E-state index in [1.807, 2.05) is 0 Å². The molecule has 1 amide bonds. The lowest BCUT2D eigenvalue weighted by atomic mass is 10.3. The van der Waals surface area contributed by atoms with Gasteiger partial charge in [0, 0.05) is 23.5 Å². The van der Waals surface area contributed by atoms with E-state index in [0.717, 1.165) is 12.2 Å². The number of amides is 1. The Morgan fingerprint density at radius 3 is 2.25 bits per heavy atom. The summed E-state index contributed by atoms with van der Waals surface area (Å²) in [4.78, 5) is 21.2. The topological polar surface area (TPSA) is 92.4 Å². The molecule has 0 radical (unpaired) electrons. The van der Waals surface area contributed by atoms with Crippen LogP contribution >= 0.6 is 12.4 Å². The summed E-state index contributed by atoms with van der Waals surface area (Å²) in [6, 6.07) is 6.52. The van der Waals surface area contributed by atoms with Crippen LogP contribution in [0, 0.1) is 0 Å². The van der Waals surface area contributed by atoms with Crippen molar-refractivity contribution in [1.82, 2.24) is 0 Å². The molecule has 0 aliphatic carbocycles. The molecule has 0 spiro atoms. The predicted octanol–water partition coefficient (Wildman–Crippen LogP) is 1.27. The third kappa shape index (κ3) is 5.02. The number of hydrogen-bond acceptors (Lipinski definition) is 3. The highest BCUT2D eigenvalue weighted by molar-refractivity contribution is 6.02. The van der Waals surface area contributed by atoms with Crippen molar-refractivity contribution in [3.05, 3.63) is 36.4 Å². The maximum atomic E-state index is 11.1. The first kappa shape index (κ1) is 14.0. The van der Waals surface area contributed by atoms with Crippen LogP contribution in [0.1, 0.15) is 0 Å². The number of carbonyl (C=O) groups is 2. The maximum Gasteiger partial charge on any atom is 0.328 e. The fourth-order valence-corrected chi connectivity index (χ4v) is 0.897.